The lowest BCUT2D eigenvalue weighted by Crippen LogP contribution is -2.33. The van der Waals surface area contributed by atoms with Gasteiger partial charge in [-0.1, -0.05) is 111 Å². The minimum Gasteiger partial charge on any atom is -0.456 e. The molecule has 0 saturated heterocycles. The van der Waals surface area contributed by atoms with Crippen LogP contribution in [0.15, 0.2) is 206 Å². The Kier molecular flexibility index (Phi) is 13.8. The minimum absolute atomic E-state index is 0.443. The molecule has 10 aromatic carbocycles. The Morgan fingerprint density at radius 1 is 0.389 bits per heavy atom. The van der Waals surface area contributed by atoms with E-state index in [2.05, 4.69) is 99.9 Å². The van der Waals surface area contributed by atoms with Crippen LogP contribution in [0.3, 0.4) is 0 Å². The molecule has 2 atom stereocenters. The molecule has 14 rings (SSSR count). The van der Waals surface area contributed by atoms with Crippen LogP contribution in [0.5, 0.6) is 23.0 Å². The van der Waals surface area contributed by atoms with Gasteiger partial charge in [0.25, 0.3) is 0 Å². The Morgan fingerprint density at radius 2 is 0.756 bits per heavy atom. The van der Waals surface area contributed by atoms with Gasteiger partial charge >= 0.3 is 11.9 Å². The normalized spacial score (nSPS) is 16.8. The zero-order valence-corrected chi connectivity index (χ0v) is 51.5. The summed E-state index contributed by atoms with van der Waals surface area (Å²) in [5.74, 6) is 1.30. The van der Waals surface area contributed by atoms with Crippen molar-refractivity contribution in [3.05, 3.63) is 284 Å². The van der Waals surface area contributed by atoms with Gasteiger partial charge in [0, 0.05) is 98.1 Å². The number of esters is 2. The molecule has 90 heavy (non-hydrogen) atoms. The predicted molar refractivity (Wildman–Crippen MR) is 353 cm³/mol. The summed E-state index contributed by atoms with van der Waals surface area (Å²) in [6, 6.07) is 67.4. The fourth-order valence-electron chi connectivity index (χ4n) is 14.2. The van der Waals surface area contributed by atoms with E-state index in [0.717, 1.165) is 75.4 Å². The summed E-state index contributed by atoms with van der Waals surface area (Å²) in [7, 11) is 0. The fourth-order valence-corrected chi connectivity index (χ4v) is 14.2. The van der Waals surface area contributed by atoms with Crippen molar-refractivity contribution in [2.75, 3.05) is 32.7 Å². The lowest BCUT2D eigenvalue weighted by molar-refractivity contribution is -0.107. The topological polar surface area (TPSA) is 118 Å². The second-order valence-corrected chi connectivity index (χ2v) is 23.9. The molecule has 0 aromatic heterocycles. The number of amides is 2. The summed E-state index contributed by atoms with van der Waals surface area (Å²) >= 11 is 0. The number of fused-ring (bicyclic) bond motifs is 12. The Balaban J connectivity index is 0.771. The van der Waals surface area contributed by atoms with Gasteiger partial charge in [0.15, 0.2) is 11.2 Å². The summed E-state index contributed by atoms with van der Waals surface area (Å²) in [6.45, 7) is 18.1. The molecule has 0 radical (unpaired) electrons. The molecule has 0 fully saturated rings. The number of hydrogen-bond donors (Lipinski definition) is 0. The summed E-state index contributed by atoms with van der Waals surface area (Å²) in [6.07, 6.45) is 2.36. The van der Waals surface area contributed by atoms with Crippen LogP contribution in [0.4, 0.5) is 45.5 Å². The average Bonchev–Trinajstić information content (AvgIpc) is 1.44. The van der Waals surface area contributed by atoms with Crippen LogP contribution in [-0.2, 0) is 35.7 Å². The second-order valence-electron chi connectivity index (χ2n) is 23.9. The van der Waals surface area contributed by atoms with Crippen molar-refractivity contribution in [2.24, 2.45) is 0 Å². The summed E-state index contributed by atoms with van der Waals surface area (Å²) in [5, 5.41) is 0. The molecule has 4 heterocycles. The lowest BCUT2D eigenvalue weighted by Gasteiger charge is -2.38. The maximum absolute atomic E-state index is 14.0. The molecule has 446 valence electrons. The number of para-hydroxylation sites is 2. The Bertz CT molecular complexity index is 4310. The molecule has 10 aromatic rings. The monoisotopic (exact) mass is 1190 g/mol. The third-order valence-electron chi connectivity index (χ3n) is 19.1. The minimum atomic E-state index is -1.37. The quantitative estimate of drug-likeness (QED) is 0.0725. The number of aryl methyl sites for hydroxylation is 4. The van der Waals surface area contributed by atoms with Crippen LogP contribution in [-0.4, -0.2) is 37.8 Å². The molecule has 12 heteroatoms. The molecular weight excluding hydrogens is 1120 g/mol. The first-order chi connectivity index (χ1) is 43.7. The molecule has 0 bridgehead atoms. The van der Waals surface area contributed by atoms with Crippen LogP contribution >= 0.6 is 0 Å². The molecule has 4 aliphatic heterocycles. The number of rotatable bonds is 15. The van der Waals surface area contributed by atoms with Crippen molar-refractivity contribution >= 4 is 70.3 Å². The van der Waals surface area contributed by atoms with Gasteiger partial charge in [-0.2, -0.15) is 0 Å². The van der Waals surface area contributed by atoms with Gasteiger partial charge in [0.1, 0.15) is 23.0 Å². The number of nitrogens with zero attached hydrogens (tertiary/aromatic N) is 4. The molecule has 2 spiro atoms. The van der Waals surface area contributed by atoms with Crippen LogP contribution in [0, 0.1) is 27.7 Å². The molecule has 4 aliphatic rings. The van der Waals surface area contributed by atoms with Crippen molar-refractivity contribution in [3.8, 4) is 23.0 Å². The predicted octanol–water partition coefficient (Wildman–Crippen LogP) is 17.7. The SMILES string of the molecule is CCN(c1ccc2c(c1)Oc1cc(C)c(N(C=O)c3ccc(C(C)(CC)c4ccc(N(C=O)c5cc6c(cc5C)Oc5cc(N(CC)c7ccccc7C)ccc5C65OC(=O)c6ccccc65)cc4)cc3)cc1C21OC(=O)c2ccccc21)c1ccccc1C. The van der Waals surface area contributed by atoms with E-state index in [4.69, 9.17) is 18.9 Å². The van der Waals surface area contributed by atoms with Gasteiger partial charge in [-0.25, -0.2) is 9.59 Å². The van der Waals surface area contributed by atoms with Crippen LogP contribution < -0.4 is 29.1 Å². The summed E-state index contributed by atoms with van der Waals surface area (Å²) in [5.41, 5.74) is 14.1. The number of benzene rings is 10. The largest absolute Gasteiger partial charge is 0.456 e. The first kappa shape index (κ1) is 57.0. The molecule has 2 amide bonds. The Hall–Kier alpha value is -10.7. The molecule has 0 N–H and O–H groups in total. The summed E-state index contributed by atoms with van der Waals surface area (Å²) in [4.78, 5) is 62.8. The van der Waals surface area contributed by atoms with E-state index in [0.29, 0.717) is 103 Å². The molecule has 0 aliphatic carbocycles. The molecule has 12 nitrogen and oxygen atoms in total. The zero-order valence-electron chi connectivity index (χ0n) is 51.5. The lowest BCUT2D eigenvalue weighted by atomic mass is 9.74. The van der Waals surface area contributed by atoms with Crippen molar-refractivity contribution in [2.45, 2.75) is 78.4 Å². The van der Waals surface area contributed by atoms with E-state index >= 15 is 0 Å². The van der Waals surface area contributed by atoms with Crippen molar-refractivity contribution in [3.63, 3.8) is 0 Å². The first-order valence-corrected chi connectivity index (χ1v) is 30.7. The van der Waals surface area contributed by atoms with Crippen molar-refractivity contribution < 1.29 is 38.1 Å². The van der Waals surface area contributed by atoms with E-state index in [-0.39, 0.29) is 0 Å². The van der Waals surface area contributed by atoms with E-state index in [1.54, 1.807) is 21.9 Å². The van der Waals surface area contributed by atoms with E-state index in [1.165, 1.54) is 0 Å². The van der Waals surface area contributed by atoms with Crippen molar-refractivity contribution in [1.29, 1.82) is 0 Å². The summed E-state index contributed by atoms with van der Waals surface area (Å²) < 4.78 is 27.0. The van der Waals surface area contributed by atoms with Gasteiger partial charge in [-0.3, -0.25) is 19.4 Å². The Morgan fingerprint density at radius 3 is 1.13 bits per heavy atom. The van der Waals surface area contributed by atoms with Crippen LogP contribution in [0.2, 0.25) is 0 Å². The third-order valence-corrected chi connectivity index (χ3v) is 19.1. The van der Waals surface area contributed by atoms with Gasteiger partial charge in [0.05, 0.1) is 22.5 Å². The zero-order chi connectivity index (χ0) is 62.4. The van der Waals surface area contributed by atoms with Gasteiger partial charge < -0.3 is 28.7 Å². The maximum atomic E-state index is 14.0. The highest BCUT2D eigenvalue weighted by atomic mass is 16.6. The van der Waals surface area contributed by atoms with Gasteiger partial charge in [-0.15, -0.1) is 0 Å². The molecule has 0 saturated carbocycles. The molecule has 2 unspecified atom stereocenters. The van der Waals surface area contributed by atoms with Crippen LogP contribution in [0.25, 0.3) is 0 Å². The standard InChI is InChI=1S/C78H66N4O8/c1-9-76(8,52-28-32-54(33-29-52)81(46-83)68-44-64-70(40-50(68)6)87-72-42-56(79(10-2)66-26-18-12-20-48(66)4)36-38-62(72)77(64)60-24-16-14-22-58(60)74(85)89-77)53-30-34-55(35-31-53)82(47-84)69-45-65-71(41-51(69)7)88-73-43-57(80(11-3)67-27-19-13-21-49(67)5)37-39-63(73)78(65)61-25-17-15-23-59(61)75(86)90-78/h12-47H,9-11H2,1-8H3. The number of hydrogen-bond acceptors (Lipinski definition) is 10. The second kappa shape index (κ2) is 21.8. The van der Waals surface area contributed by atoms with Gasteiger partial charge in [0.2, 0.25) is 12.8 Å². The average molecular weight is 1190 g/mol. The molecular formula is C78H66N4O8. The van der Waals surface area contributed by atoms with Crippen LogP contribution in [0.1, 0.15) is 122 Å². The highest BCUT2D eigenvalue weighted by Gasteiger charge is 2.56. The number of carbonyl (C=O) groups is 4. The number of ether oxygens (including phenoxy) is 4. The highest BCUT2D eigenvalue weighted by Crippen LogP contribution is 2.60. The van der Waals surface area contributed by atoms with Gasteiger partial charge in [-0.05, 0) is 178 Å². The number of carbonyl (C=O) groups excluding carboxylic acids is 4. The van der Waals surface area contributed by atoms with E-state index < -0.39 is 28.6 Å². The highest BCUT2D eigenvalue weighted by molar-refractivity contribution is 5.99. The fraction of sp³-hybridized carbons (Fsp3) is 0.179. The van der Waals surface area contributed by atoms with E-state index in [9.17, 15) is 19.2 Å². The third kappa shape index (κ3) is 8.63. The van der Waals surface area contributed by atoms with E-state index in [1.807, 2.05) is 159 Å². The van der Waals surface area contributed by atoms with Crippen molar-refractivity contribution in [1.82, 2.24) is 0 Å². The Labute approximate surface area is 524 Å². The maximum Gasteiger partial charge on any atom is 0.340 e. The smallest absolute Gasteiger partial charge is 0.340 e. The first-order valence-electron chi connectivity index (χ1n) is 30.7. The number of anilines is 8.